The van der Waals surface area contributed by atoms with E-state index in [4.69, 9.17) is 16.0 Å². The quantitative estimate of drug-likeness (QED) is 0.935. The molecule has 0 unspecified atom stereocenters. The number of amides is 2. The lowest BCUT2D eigenvalue weighted by Gasteiger charge is -2.25. The predicted octanol–water partition coefficient (Wildman–Crippen LogP) is 2.34. The fourth-order valence-corrected chi connectivity index (χ4v) is 3.00. The van der Waals surface area contributed by atoms with Crippen molar-refractivity contribution in [2.24, 2.45) is 0 Å². The molecule has 23 heavy (non-hydrogen) atoms. The lowest BCUT2D eigenvalue weighted by molar-refractivity contribution is -0.127. The molecule has 1 aliphatic heterocycles. The monoisotopic (exact) mass is 333 g/mol. The first-order valence-corrected chi connectivity index (χ1v) is 7.57. The highest BCUT2D eigenvalue weighted by molar-refractivity contribution is 6.30. The summed E-state index contributed by atoms with van der Waals surface area (Å²) in [5.41, 5.74) is 1.16. The van der Waals surface area contributed by atoms with E-state index in [-0.39, 0.29) is 36.0 Å². The van der Waals surface area contributed by atoms with Crippen LogP contribution in [0.5, 0.6) is 0 Å². The topological polar surface area (TPSA) is 75.4 Å². The molecule has 6 nitrogen and oxygen atoms in total. The second-order valence-electron chi connectivity index (χ2n) is 5.54. The molecule has 7 heteroatoms. The molecule has 0 spiro atoms. The lowest BCUT2D eigenvalue weighted by Crippen LogP contribution is -2.39. The maximum Gasteiger partial charge on any atom is 0.273 e. The van der Waals surface area contributed by atoms with Gasteiger partial charge in [0.25, 0.3) is 5.91 Å². The zero-order chi connectivity index (χ0) is 16.6. The molecule has 0 aliphatic carbocycles. The Balaban J connectivity index is 1.85. The summed E-state index contributed by atoms with van der Waals surface area (Å²) in [7, 11) is 1.73. The molecule has 1 saturated heterocycles. The first-order valence-electron chi connectivity index (χ1n) is 7.19. The van der Waals surface area contributed by atoms with Crippen LogP contribution in [0.2, 0.25) is 5.02 Å². The fraction of sp³-hybridized carbons (Fsp3) is 0.312. The van der Waals surface area contributed by atoms with Crippen LogP contribution in [0.4, 0.5) is 0 Å². The largest absolute Gasteiger partial charge is 0.448 e. The van der Waals surface area contributed by atoms with Gasteiger partial charge in [0.15, 0.2) is 12.1 Å². The number of hydrogen-bond donors (Lipinski definition) is 1. The number of halogens is 1. The van der Waals surface area contributed by atoms with Gasteiger partial charge in [0.1, 0.15) is 5.76 Å². The highest BCUT2D eigenvalue weighted by Gasteiger charge is 2.39. The van der Waals surface area contributed by atoms with E-state index < -0.39 is 0 Å². The first kappa shape index (κ1) is 15.6. The Labute approximate surface area is 138 Å². The summed E-state index contributed by atoms with van der Waals surface area (Å²) in [4.78, 5) is 30.0. The van der Waals surface area contributed by atoms with Crippen LogP contribution in [0.25, 0.3) is 0 Å². The number of aryl methyl sites for hydroxylation is 1. The van der Waals surface area contributed by atoms with E-state index in [1.54, 1.807) is 31.0 Å². The average molecular weight is 334 g/mol. The SMILES string of the molecule is Cc1ocnc1C(=O)N[C@@H]1CC(=O)N(C)[C@H]1c1ccc(Cl)cc1. The van der Waals surface area contributed by atoms with Crippen molar-refractivity contribution in [1.29, 1.82) is 0 Å². The molecule has 0 bridgehead atoms. The fourth-order valence-electron chi connectivity index (χ4n) is 2.87. The van der Waals surface area contributed by atoms with Crippen molar-refractivity contribution in [3.63, 3.8) is 0 Å². The van der Waals surface area contributed by atoms with Crippen molar-refractivity contribution >= 4 is 23.4 Å². The number of nitrogens with zero attached hydrogens (tertiary/aromatic N) is 2. The number of hydrogen-bond acceptors (Lipinski definition) is 4. The number of carbonyl (C=O) groups excluding carboxylic acids is 2. The first-order chi connectivity index (χ1) is 11.0. The molecule has 2 atom stereocenters. The van der Waals surface area contributed by atoms with Crippen LogP contribution in [-0.2, 0) is 4.79 Å². The summed E-state index contributed by atoms with van der Waals surface area (Å²) in [5.74, 6) is 0.0821. The number of likely N-dealkylation sites (N-methyl/N-ethyl adjacent to an activating group) is 1. The second kappa shape index (κ2) is 6.04. The molecular formula is C16H16ClN3O3. The molecule has 0 radical (unpaired) electrons. The van der Waals surface area contributed by atoms with Crippen LogP contribution in [-0.4, -0.2) is 34.8 Å². The maximum absolute atomic E-state index is 12.3. The van der Waals surface area contributed by atoms with Gasteiger partial charge >= 0.3 is 0 Å². The van der Waals surface area contributed by atoms with E-state index in [2.05, 4.69) is 10.3 Å². The van der Waals surface area contributed by atoms with Gasteiger partial charge < -0.3 is 14.6 Å². The van der Waals surface area contributed by atoms with Gasteiger partial charge in [-0.25, -0.2) is 4.98 Å². The van der Waals surface area contributed by atoms with Crippen LogP contribution >= 0.6 is 11.6 Å². The number of rotatable bonds is 3. The van der Waals surface area contributed by atoms with Crippen LogP contribution in [0.1, 0.15) is 34.3 Å². The van der Waals surface area contributed by atoms with Crippen molar-refractivity contribution in [2.75, 3.05) is 7.05 Å². The summed E-state index contributed by atoms with van der Waals surface area (Å²) in [6.07, 6.45) is 1.47. The molecule has 2 amide bonds. The molecule has 1 N–H and O–H groups in total. The second-order valence-corrected chi connectivity index (χ2v) is 5.98. The highest BCUT2D eigenvalue weighted by Crippen LogP contribution is 2.32. The molecular weight excluding hydrogens is 318 g/mol. The van der Waals surface area contributed by atoms with E-state index in [0.29, 0.717) is 10.8 Å². The van der Waals surface area contributed by atoms with E-state index in [1.165, 1.54) is 6.39 Å². The Morgan fingerprint density at radius 1 is 1.39 bits per heavy atom. The lowest BCUT2D eigenvalue weighted by atomic mass is 10.00. The molecule has 120 valence electrons. The van der Waals surface area contributed by atoms with Gasteiger partial charge in [-0.1, -0.05) is 23.7 Å². The molecule has 2 aromatic rings. The third-order valence-corrected chi connectivity index (χ3v) is 4.33. The minimum absolute atomic E-state index is 0.0212. The number of carbonyl (C=O) groups is 2. The molecule has 2 heterocycles. The summed E-state index contributed by atoms with van der Waals surface area (Å²) >= 11 is 5.92. The van der Waals surface area contributed by atoms with Crippen molar-refractivity contribution < 1.29 is 14.0 Å². The Hall–Kier alpha value is -2.34. The van der Waals surface area contributed by atoms with Gasteiger partial charge in [0, 0.05) is 18.5 Å². The van der Waals surface area contributed by atoms with E-state index in [0.717, 1.165) is 5.56 Å². The van der Waals surface area contributed by atoms with Crippen molar-refractivity contribution in [3.8, 4) is 0 Å². The summed E-state index contributed by atoms with van der Waals surface area (Å²) in [6.45, 7) is 1.67. The zero-order valence-corrected chi connectivity index (χ0v) is 13.5. The molecule has 0 saturated carbocycles. The smallest absolute Gasteiger partial charge is 0.273 e. The molecule has 1 aromatic heterocycles. The Kier molecular flexibility index (Phi) is 4.09. The Bertz CT molecular complexity index is 741. The van der Waals surface area contributed by atoms with E-state index >= 15 is 0 Å². The van der Waals surface area contributed by atoms with Crippen LogP contribution in [0.3, 0.4) is 0 Å². The minimum Gasteiger partial charge on any atom is -0.448 e. The number of aromatic nitrogens is 1. The summed E-state index contributed by atoms with van der Waals surface area (Å²) in [5, 5.41) is 3.51. The third-order valence-electron chi connectivity index (χ3n) is 4.07. The van der Waals surface area contributed by atoms with Gasteiger partial charge in [0.2, 0.25) is 5.91 Å². The van der Waals surface area contributed by atoms with Crippen molar-refractivity contribution in [1.82, 2.24) is 15.2 Å². The van der Waals surface area contributed by atoms with Crippen LogP contribution in [0.15, 0.2) is 35.1 Å². The number of likely N-dealkylation sites (tertiary alicyclic amines) is 1. The molecule has 1 fully saturated rings. The van der Waals surface area contributed by atoms with Gasteiger partial charge in [-0.15, -0.1) is 0 Å². The molecule has 3 rings (SSSR count). The molecule has 1 aromatic carbocycles. The maximum atomic E-state index is 12.3. The van der Waals surface area contributed by atoms with Gasteiger partial charge in [-0.3, -0.25) is 9.59 Å². The van der Waals surface area contributed by atoms with Crippen molar-refractivity contribution in [2.45, 2.75) is 25.4 Å². The van der Waals surface area contributed by atoms with Crippen LogP contribution < -0.4 is 5.32 Å². The Morgan fingerprint density at radius 2 is 2.09 bits per heavy atom. The number of oxazole rings is 1. The minimum atomic E-state index is -0.344. The summed E-state index contributed by atoms with van der Waals surface area (Å²) in [6, 6.07) is 6.70. The Morgan fingerprint density at radius 3 is 2.70 bits per heavy atom. The molecule has 1 aliphatic rings. The third kappa shape index (κ3) is 2.94. The van der Waals surface area contributed by atoms with Gasteiger partial charge in [-0.05, 0) is 24.6 Å². The average Bonchev–Trinajstić information content (AvgIpc) is 3.05. The van der Waals surface area contributed by atoms with E-state index in [1.807, 2.05) is 12.1 Å². The number of benzene rings is 1. The highest BCUT2D eigenvalue weighted by atomic mass is 35.5. The van der Waals surface area contributed by atoms with Crippen molar-refractivity contribution in [3.05, 3.63) is 52.7 Å². The zero-order valence-electron chi connectivity index (χ0n) is 12.7. The summed E-state index contributed by atoms with van der Waals surface area (Å²) < 4.78 is 5.05. The number of nitrogens with one attached hydrogen (secondary N) is 1. The standard InChI is InChI=1S/C16H16ClN3O3/c1-9-14(18-8-23-9)16(22)19-12-7-13(21)20(2)15(12)10-3-5-11(17)6-4-10/h3-6,8,12,15H,7H2,1-2H3,(H,19,22)/t12-,15+/m1/s1. The normalized spacial score (nSPS) is 20.8. The predicted molar refractivity (Wildman–Crippen MR) is 84.1 cm³/mol. The van der Waals surface area contributed by atoms with E-state index in [9.17, 15) is 9.59 Å². The van der Waals surface area contributed by atoms with Gasteiger partial charge in [-0.2, -0.15) is 0 Å². The van der Waals surface area contributed by atoms with Crippen LogP contribution in [0, 0.1) is 6.92 Å². The van der Waals surface area contributed by atoms with Gasteiger partial charge in [0.05, 0.1) is 12.1 Å².